The number of carbonyl (C=O) groups excluding carboxylic acids is 2. The molecule has 0 saturated heterocycles. The van der Waals surface area contributed by atoms with Crippen LogP contribution in [0.2, 0.25) is 0 Å². The predicted octanol–water partition coefficient (Wildman–Crippen LogP) is 1.83. The second-order valence-corrected chi connectivity index (χ2v) is 5.21. The third kappa shape index (κ3) is 3.32. The normalized spacial score (nSPS) is 10.6. The van der Waals surface area contributed by atoms with Gasteiger partial charge in [0, 0.05) is 6.20 Å². The van der Waals surface area contributed by atoms with E-state index in [1.54, 1.807) is 24.3 Å². The van der Waals surface area contributed by atoms with Gasteiger partial charge in [0.2, 0.25) is 0 Å². The Morgan fingerprint density at radius 1 is 1.12 bits per heavy atom. The SMILES string of the molecule is CCc1c(C(=O)OCc2ccc(C(=O)OC)cc2)cnc2ncnn12. The van der Waals surface area contributed by atoms with E-state index in [1.807, 2.05) is 6.92 Å². The molecule has 128 valence electrons. The quantitative estimate of drug-likeness (QED) is 0.654. The summed E-state index contributed by atoms with van der Waals surface area (Å²) in [4.78, 5) is 31.9. The van der Waals surface area contributed by atoms with E-state index < -0.39 is 11.9 Å². The summed E-state index contributed by atoms with van der Waals surface area (Å²) in [5, 5.41) is 4.08. The van der Waals surface area contributed by atoms with Crippen molar-refractivity contribution in [1.29, 1.82) is 0 Å². The molecule has 2 aromatic heterocycles. The fourth-order valence-electron chi connectivity index (χ4n) is 2.42. The summed E-state index contributed by atoms with van der Waals surface area (Å²) in [6.07, 6.45) is 3.42. The highest BCUT2D eigenvalue weighted by molar-refractivity contribution is 5.90. The number of aryl methyl sites for hydroxylation is 1. The largest absolute Gasteiger partial charge is 0.465 e. The van der Waals surface area contributed by atoms with Crippen molar-refractivity contribution in [2.24, 2.45) is 0 Å². The number of aromatic nitrogens is 4. The minimum absolute atomic E-state index is 0.0822. The van der Waals surface area contributed by atoms with Crippen molar-refractivity contribution in [1.82, 2.24) is 19.6 Å². The van der Waals surface area contributed by atoms with Crippen LogP contribution in [0.3, 0.4) is 0 Å². The van der Waals surface area contributed by atoms with E-state index in [0.29, 0.717) is 29.0 Å². The van der Waals surface area contributed by atoms with E-state index in [-0.39, 0.29) is 6.61 Å². The van der Waals surface area contributed by atoms with Gasteiger partial charge in [-0.2, -0.15) is 10.1 Å². The first-order chi connectivity index (χ1) is 12.1. The number of carbonyl (C=O) groups is 2. The van der Waals surface area contributed by atoms with Crippen LogP contribution in [0.5, 0.6) is 0 Å². The number of methoxy groups -OCH3 is 1. The number of fused-ring (bicyclic) bond motifs is 1. The molecule has 0 spiro atoms. The summed E-state index contributed by atoms with van der Waals surface area (Å²) in [6.45, 7) is 2.00. The molecular weight excluding hydrogens is 324 g/mol. The lowest BCUT2D eigenvalue weighted by Gasteiger charge is -2.09. The number of hydrogen-bond donors (Lipinski definition) is 0. The molecule has 8 nitrogen and oxygen atoms in total. The molecule has 0 fully saturated rings. The standard InChI is InChI=1S/C17H16N4O4/c1-3-14-13(8-18-17-19-10-20-21(14)17)16(23)25-9-11-4-6-12(7-5-11)15(22)24-2/h4-8,10H,3,9H2,1-2H3. The smallest absolute Gasteiger partial charge is 0.341 e. The first-order valence-corrected chi connectivity index (χ1v) is 7.66. The molecule has 3 rings (SSSR count). The molecule has 0 aliphatic heterocycles. The third-order valence-electron chi connectivity index (χ3n) is 3.71. The van der Waals surface area contributed by atoms with Crippen LogP contribution < -0.4 is 0 Å². The van der Waals surface area contributed by atoms with Gasteiger partial charge in [-0.05, 0) is 24.1 Å². The summed E-state index contributed by atoms with van der Waals surface area (Å²) >= 11 is 0. The molecule has 25 heavy (non-hydrogen) atoms. The van der Waals surface area contributed by atoms with Crippen molar-refractivity contribution in [2.45, 2.75) is 20.0 Å². The van der Waals surface area contributed by atoms with Crippen molar-refractivity contribution >= 4 is 17.7 Å². The molecule has 8 heteroatoms. The van der Waals surface area contributed by atoms with Crippen LogP contribution in [0.25, 0.3) is 5.78 Å². The predicted molar refractivity (Wildman–Crippen MR) is 87.1 cm³/mol. The molecule has 0 amide bonds. The Labute approximate surface area is 143 Å². The minimum atomic E-state index is -0.487. The zero-order valence-electron chi connectivity index (χ0n) is 13.8. The maximum absolute atomic E-state index is 12.4. The monoisotopic (exact) mass is 340 g/mol. The van der Waals surface area contributed by atoms with Crippen LogP contribution in [0.1, 0.15) is 38.9 Å². The maximum atomic E-state index is 12.4. The number of ether oxygens (including phenoxy) is 2. The summed E-state index contributed by atoms with van der Waals surface area (Å²) in [7, 11) is 1.32. The average Bonchev–Trinajstić information content (AvgIpc) is 3.13. The Kier molecular flexibility index (Phi) is 4.69. The van der Waals surface area contributed by atoms with Crippen LogP contribution in [-0.4, -0.2) is 38.6 Å². The molecule has 0 saturated carbocycles. The van der Waals surface area contributed by atoms with Crippen molar-refractivity contribution in [3.8, 4) is 0 Å². The average molecular weight is 340 g/mol. The van der Waals surface area contributed by atoms with Gasteiger partial charge in [0.25, 0.3) is 5.78 Å². The van der Waals surface area contributed by atoms with E-state index in [4.69, 9.17) is 4.74 Å². The number of nitrogens with zero attached hydrogens (tertiary/aromatic N) is 4. The van der Waals surface area contributed by atoms with Crippen LogP contribution in [0.15, 0.2) is 36.8 Å². The summed E-state index contributed by atoms with van der Waals surface area (Å²) < 4.78 is 11.5. The molecule has 0 atom stereocenters. The van der Waals surface area contributed by atoms with Crippen molar-refractivity contribution in [2.75, 3.05) is 7.11 Å². The molecule has 0 N–H and O–H groups in total. The van der Waals surface area contributed by atoms with Gasteiger partial charge in [-0.25, -0.2) is 19.1 Å². The molecule has 1 aromatic carbocycles. The van der Waals surface area contributed by atoms with Gasteiger partial charge in [-0.3, -0.25) is 0 Å². The molecule has 0 aliphatic rings. The second kappa shape index (κ2) is 7.08. The van der Waals surface area contributed by atoms with Crippen molar-refractivity contribution in [3.63, 3.8) is 0 Å². The van der Waals surface area contributed by atoms with Crippen LogP contribution in [0, 0.1) is 0 Å². The second-order valence-electron chi connectivity index (χ2n) is 5.21. The first-order valence-electron chi connectivity index (χ1n) is 7.66. The number of hydrogen-bond acceptors (Lipinski definition) is 7. The number of rotatable bonds is 5. The lowest BCUT2D eigenvalue weighted by Crippen LogP contribution is -2.13. The fourth-order valence-corrected chi connectivity index (χ4v) is 2.42. The van der Waals surface area contributed by atoms with E-state index in [0.717, 1.165) is 5.56 Å². The van der Waals surface area contributed by atoms with Gasteiger partial charge in [0.1, 0.15) is 12.9 Å². The Balaban J connectivity index is 1.73. The molecule has 3 aromatic rings. The lowest BCUT2D eigenvalue weighted by atomic mass is 10.1. The summed E-state index contributed by atoms with van der Waals surface area (Å²) in [5.74, 6) is -0.464. The molecule has 0 unspecified atom stereocenters. The van der Waals surface area contributed by atoms with Crippen molar-refractivity contribution in [3.05, 3.63) is 59.2 Å². The van der Waals surface area contributed by atoms with Crippen LogP contribution in [0.4, 0.5) is 0 Å². The Hall–Kier alpha value is -3.29. The van der Waals surface area contributed by atoms with Gasteiger partial charge < -0.3 is 9.47 Å². The highest BCUT2D eigenvalue weighted by atomic mass is 16.5. The molecular formula is C17H16N4O4. The van der Waals surface area contributed by atoms with Gasteiger partial charge >= 0.3 is 11.9 Å². The summed E-state index contributed by atoms with van der Waals surface area (Å²) in [5.41, 5.74) is 2.24. The molecule has 2 heterocycles. The zero-order chi connectivity index (χ0) is 17.8. The van der Waals surface area contributed by atoms with Gasteiger partial charge in [-0.15, -0.1) is 0 Å². The molecule has 0 radical (unpaired) electrons. The van der Waals surface area contributed by atoms with E-state index in [2.05, 4.69) is 19.8 Å². The number of esters is 2. The number of benzene rings is 1. The van der Waals surface area contributed by atoms with Gasteiger partial charge in [0.05, 0.1) is 23.9 Å². The van der Waals surface area contributed by atoms with Crippen LogP contribution >= 0.6 is 0 Å². The molecule has 0 aliphatic carbocycles. The molecule has 0 bridgehead atoms. The highest BCUT2D eigenvalue weighted by Gasteiger charge is 2.17. The zero-order valence-corrected chi connectivity index (χ0v) is 13.8. The Morgan fingerprint density at radius 2 is 1.88 bits per heavy atom. The fraction of sp³-hybridized carbons (Fsp3) is 0.235. The third-order valence-corrected chi connectivity index (χ3v) is 3.71. The topological polar surface area (TPSA) is 95.7 Å². The van der Waals surface area contributed by atoms with E-state index >= 15 is 0 Å². The minimum Gasteiger partial charge on any atom is -0.465 e. The summed E-state index contributed by atoms with van der Waals surface area (Å²) in [6, 6.07) is 6.66. The van der Waals surface area contributed by atoms with E-state index in [9.17, 15) is 9.59 Å². The van der Waals surface area contributed by atoms with Crippen LogP contribution in [-0.2, 0) is 22.5 Å². The highest BCUT2D eigenvalue weighted by Crippen LogP contribution is 2.13. The lowest BCUT2D eigenvalue weighted by molar-refractivity contribution is 0.0468. The van der Waals surface area contributed by atoms with Gasteiger partial charge in [-0.1, -0.05) is 19.1 Å². The first kappa shape index (κ1) is 16.6. The van der Waals surface area contributed by atoms with Gasteiger partial charge in [0.15, 0.2) is 0 Å². The Bertz CT molecular complexity index is 918. The Morgan fingerprint density at radius 3 is 2.56 bits per heavy atom. The van der Waals surface area contributed by atoms with E-state index in [1.165, 1.54) is 24.1 Å². The van der Waals surface area contributed by atoms with Crippen molar-refractivity contribution < 1.29 is 19.1 Å². The maximum Gasteiger partial charge on any atom is 0.341 e.